The standard InChI is InChI=1S/C24H18N6O3/c1-28-22-8-3-2-7-20(22)26-23(28)16-9-11-17(12-10-16)25-24(31)21-13-14-29(27-21)18-5-4-6-19(15-18)30(32)33/h2-15H,1H3,(H,25,31). The Bertz CT molecular complexity index is 1500. The van der Waals surface area contributed by atoms with Gasteiger partial charge in [-0.15, -0.1) is 0 Å². The fourth-order valence-electron chi connectivity index (χ4n) is 3.64. The number of aryl methyl sites for hydroxylation is 1. The minimum absolute atomic E-state index is 0.0466. The first-order chi connectivity index (χ1) is 16.0. The normalized spacial score (nSPS) is 10.9. The first kappa shape index (κ1) is 20.1. The van der Waals surface area contributed by atoms with Crippen molar-refractivity contribution in [3.05, 3.63) is 101 Å². The maximum Gasteiger partial charge on any atom is 0.276 e. The van der Waals surface area contributed by atoms with Gasteiger partial charge in [0.1, 0.15) is 5.82 Å². The zero-order chi connectivity index (χ0) is 22.9. The number of aromatic nitrogens is 4. The van der Waals surface area contributed by atoms with Gasteiger partial charge in [-0.1, -0.05) is 18.2 Å². The molecule has 0 unspecified atom stereocenters. The van der Waals surface area contributed by atoms with E-state index in [1.807, 2.05) is 60.1 Å². The van der Waals surface area contributed by atoms with Crippen LogP contribution in [0.15, 0.2) is 85.1 Å². The van der Waals surface area contributed by atoms with Crippen LogP contribution in [0.2, 0.25) is 0 Å². The predicted octanol–water partition coefficient (Wildman–Crippen LogP) is 4.59. The summed E-state index contributed by atoms with van der Waals surface area (Å²) in [5, 5.41) is 18.1. The maximum absolute atomic E-state index is 12.6. The molecule has 2 aromatic heterocycles. The van der Waals surface area contributed by atoms with Gasteiger partial charge in [-0.25, -0.2) is 9.67 Å². The highest BCUT2D eigenvalue weighted by Crippen LogP contribution is 2.25. The monoisotopic (exact) mass is 438 g/mol. The number of imidazole rings is 1. The Balaban J connectivity index is 1.33. The number of hydrogen-bond donors (Lipinski definition) is 1. The highest BCUT2D eigenvalue weighted by molar-refractivity contribution is 6.02. The number of nitro groups is 1. The highest BCUT2D eigenvalue weighted by atomic mass is 16.6. The summed E-state index contributed by atoms with van der Waals surface area (Å²) in [6, 6.07) is 23.0. The molecule has 2 heterocycles. The quantitative estimate of drug-likeness (QED) is 0.319. The molecule has 0 saturated heterocycles. The molecule has 0 bridgehead atoms. The Morgan fingerprint density at radius 2 is 1.79 bits per heavy atom. The molecule has 0 fully saturated rings. The molecule has 1 N–H and O–H groups in total. The summed E-state index contributed by atoms with van der Waals surface area (Å²) >= 11 is 0. The highest BCUT2D eigenvalue weighted by Gasteiger charge is 2.14. The molecule has 33 heavy (non-hydrogen) atoms. The molecule has 0 atom stereocenters. The van der Waals surface area contributed by atoms with Crippen molar-refractivity contribution >= 4 is 28.3 Å². The van der Waals surface area contributed by atoms with Crippen molar-refractivity contribution in [2.75, 3.05) is 5.32 Å². The third-order valence-electron chi connectivity index (χ3n) is 5.31. The lowest BCUT2D eigenvalue weighted by Gasteiger charge is -2.06. The number of hydrogen-bond acceptors (Lipinski definition) is 5. The molecule has 0 saturated carbocycles. The van der Waals surface area contributed by atoms with Crippen molar-refractivity contribution in [1.29, 1.82) is 0 Å². The summed E-state index contributed by atoms with van der Waals surface area (Å²) in [7, 11) is 1.97. The summed E-state index contributed by atoms with van der Waals surface area (Å²) in [6.45, 7) is 0. The van der Waals surface area contributed by atoms with Gasteiger partial charge in [0.15, 0.2) is 5.69 Å². The number of nitrogens with zero attached hydrogens (tertiary/aromatic N) is 5. The molecule has 162 valence electrons. The molecule has 9 heteroatoms. The average molecular weight is 438 g/mol. The van der Waals surface area contributed by atoms with E-state index in [-0.39, 0.29) is 17.3 Å². The van der Waals surface area contributed by atoms with Crippen molar-refractivity contribution in [2.24, 2.45) is 7.05 Å². The van der Waals surface area contributed by atoms with E-state index in [0.717, 1.165) is 22.4 Å². The number of amides is 1. The second kappa shape index (κ2) is 8.04. The van der Waals surface area contributed by atoms with E-state index in [1.165, 1.54) is 16.8 Å². The lowest BCUT2D eigenvalue weighted by atomic mass is 10.2. The van der Waals surface area contributed by atoms with Crippen molar-refractivity contribution in [1.82, 2.24) is 19.3 Å². The number of anilines is 1. The van der Waals surface area contributed by atoms with Gasteiger partial charge in [-0.2, -0.15) is 5.10 Å². The van der Waals surface area contributed by atoms with E-state index in [9.17, 15) is 14.9 Å². The molecular weight excluding hydrogens is 420 g/mol. The average Bonchev–Trinajstić information content (AvgIpc) is 3.46. The van der Waals surface area contributed by atoms with Crippen LogP contribution in [-0.4, -0.2) is 30.2 Å². The fourth-order valence-corrected chi connectivity index (χ4v) is 3.64. The number of nitrogens with one attached hydrogen (secondary N) is 1. The molecule has 5 rings (SSSR count). The van der Waals surface area contributed by atoms with Gasteiger partial charge in [-0.3, -0.25) is 14.9 Å². The second-order valence-electron chi connectivity index (χ2n) is 7.44. The lowest BCUT2D eigenvalue weighted by molar-refractivity contribution is -0.384. The number of rotatable bonds is 5. The Hall–Kier alpha value is -4.79. The Morgan fingerprint density at radius 1 is 1.00 bits per heavy atom. The molecule has 0 aliphatic heterocycles. The van der Waals surface area contributed by atoms with Crippen molar-refractivity contribution < 1.29 is 9.72 Å². The fraction of sp³-hybridized carbons (Fsp3) is 0.0417. The molecule has 9 nitrogen and oxygen atoms in total. The Morgan fingerprint density at radius 3 is 2.55 bits per heavy atom. The van der Waals surface area contributed by atoms with Gasteiger partial charge >= 0.3 is 0 Å². The summed E-state index contributed by atoms with van der Waals surface area (Å²) in [5.74, 6) is 0.458. The zero-order valence-corrected chi connectivity index (χ0v) is 17.5. The number of benzene rings is 3. The van der Waals surface area contributed by atoms with Gasteiger partial charge in [0.05, 0.1) is 21.6 Å². The van der Waals surface area contributed by atoms with Crippen LogP contribution < -0.4 is 5.32 Å². The summed E-state index contributed by atoms with van der Waals surface area (Å²) < 4.78 is 3.46. The number of carbonyl (C=O) groups excluding carboxylic acids is 1. The number of fused-ring (bicyclic) bond motifs is 1. The number of nitro benzene ring substituents is 1. The molecule has 0 spiro atoms. The van der Waals surface area contributed by atoms with Gasteiger partial charge < -0.3 is 9.88 Å². The van der Waals surface area contributed by atoms with E-state index in [4.69, 9.17) is 4.98 Å². The first-order valence-corrected chi connectivity index (χ1v) is 10.1. The van der Waals surface area contributed by atoms with Crippen LogP contribution >= 0.6 is 0 Å². The number of carbonyl (C=O) groups is 1. The first-order valence-electron chi connectivity index (χ1n) is 10.1. The van der Waals surface area contributed by atoms with E-state index in [2.05, 4.69) is 10.4 Å². The third-order valence-corrected chi connectivity index (χ3v) is 5.31. The van der Waals surface area contributed by atoms with E-state index in [0.29, 0.717) is 11.4 Å². The van der Waals surface area contributed by atoms with Crippen LogP contribution in [0.1, 0.15) is 10.5 Å². The minimum atomic E-state index is -0.474. The van der Waals surface area contributed by atoms with E-state index >= 15 is 0 Å². The molecule has 0 aliphatic carbocycles. The predicted molar refractivity (Wildman–Crippen MR) is 124 cm³/mol. The minimum Gasteiger partial charge on any atom is -0.327 e. The molecule has 5 aromatic rings. The van der Waals surface area contributed by atoms with Crippen LogP contribution in [0.5, 0.6) is 0 Å². The van der Waals surface area contributed by atoms with Gasteiger partial charge in [-0.05, 0) is 48.5 Å². The largest absolute Gasteiger partial charge is 0.327 e. The summed E-state index contributed by atoms with van der Waals surface area (Å²) in [4.78, 5) is 27.9. The second-order valence-corrected chi connectivity index (χ2v) is 7.44. The molecule has 0 radical (unpaired) electrons. The molecule has 3 aromatic carbocycles. The van der Waals surface area contributed by atoms with Crippen LogP contribution in [0.4, 0.5) is 11.4 Å². The lowest BCUT2D eigenvalue weighted by Crippen LogP contribution is -2.13. The van der Waals surface area contributed by atoms with Gasteiger partial charge in [0.25, 0.3) is 11.6 Å². The number of para-hydroxylation sites is 2. The summed E-state index contributed by atoms with van der Waals surface area (Å²) in [6.07, 6.45) is 1.59. The molecule has 1 amide bonds. The zero-order valence-electron chi connectivity index (χ0n) is 17.5. The van der Waals surface area contributed by atoms with Gasteiger partial charge in [0.2, 0.25) is 0 Å². The van der Waals surface area contributed by atoms with Crippen LogP contribution in [0, 0.1) is 10.1 Å². The Kier molecular flexibility index (Phi) is 4.91. The van der Waals surface area contributed by atoms with Crippen molar-refractivity contribution in [3.8, 4) is 17.1 Å². The van der Waals surface area contributed by atoms with Crippen molar-refractivity contribution in [3.63, 3.8) is 0 Å². The topological polar surface area (TPSA) is 108 Å². The van der Waals surface area contributed by atoms with Crippen molar-refractivity contribution in [2.45, 2.75) is 0 Å². The van der Waals surface area contributed by atoms with Gasteiger partial charge in [0, 0.05) is 36.6 Å². The summed E-state index contributed by atoms with van der Waals surface area (Å²) in [5.41, 5.74) is 4.16. The molecular formula is C24H18N6O3. The maximum atomic E-state index is 12.6. The number of non-ortho nitro benzene ring substituents is 1. The molecule has 0 aliphatic rings. The van der Waals surface area contributed by atoms with Crippen LogP contribution in [0.3, 0.4) is 0 Å². The van der Waals surface area contributed by atoms with Crippen LogP contribution in [0.25, 0.3) is 28.1 Å². The smallest absolute Gasteiger partial charge is 0.276 e. The third kappa shape index (κ3) is 3.83. The Labute approximate surface area is 188 Å². The SMILES string of the molecule is Cn1c(-c2ccc(NC(=O)c3ccn(-c4cccc([N+](=O)[O-])c4)n3)cc2)nc2ccccc21. The van der Waals surface area contributed by atoms with E-state index in [1.54, 1.807) is 24.4 Å². The van der Waals surface area contributed by atoms with Crippen LogP contribution in [-0.2, 0) is 7.05 Å². The van der Waals surface area contributed by atoms with E-state index < -0.39 is 4.92 Å².